The predicted molar refractivity (Wildman–Crippen MR) is 81.2 cm³/mol. The molecular weight excluding hydrogens is 290 g/mol. The molecule has 1 amide bonds. The van der Waals surface area contributed by atoms with Crippen LogP contribution in [-0.2, 0) is 23.1 Å². The average molecular weight is 308 g/mol. The van der Waals surface area contributed by atoms with Gasteiger partial charge in [0.1, 0.15) is 6.10 Å². The van der Waals surface area contributed by atoms with Gasteiger partial charge in [0.05, 0.1) is 22.8 Å². The highest BCUT2D eigenvalue weighted by Gasteiger charge is 2.22. The van der Waals surface area contributed by atoms with Crippen LogP contribution in [0.3, 0.4) is 0 Å². The normalized spacial score (nSPS) is 18.9. The molecule has 0 aliphatic carbocycles. The molecule has 1 aromatic heterocycles. The van der Waals surface area contributed by atoms with Gasteiger partial charge >= 0.3 is 0 Å². The van der Waals surface area contributed by atoms with Crippen LogP contribution in [0.5, 0.6) is 0 Å². The van der Waals surface area contributed by atoms with Gasteiger partial charge in [-0.25, -0.2) is 0 Å². The summed E-state index contributed by atoms with van der Waals surface area (Å²) in [5, 5.41) is 8.89. The molecule has 2 heterocycles. The number of hydrogen-bond acceptors (Lipinski definition) is 3. The summed E-state index contributed by atoms with van der Waals surface area (Å²) in [4.78, 5) is 12.1. The molecule has 3 rings (SSSR count). The van der Waals surface area contributed by atoms with Crippen molar-refractivity contribution in [1.82, 2.24) is 15.1 Å². The number of rotatable bonds is 3. The maximum atomic E-state index is 12.1. The van der Waals surface area contributed by atoms with Crippen molar-refractivity contribution in [2.45, 2.75) is 31.9 Å². The fourth-order valence-electron chi connectivity index (χ4n) is 2.71. The van der Waals surface area contributed by atoms with Crippen molar-refractivity contribution in [3.8, 4) is 0 Å². The maximum absolute atomic E-state index is 12.1. The van der Waals surface area contributed by atoms with E-state index in [0.717, 1.165) is 35.9 Å². The van der Waals surface area contributed by atoms with E-state index >= 15 is 0 Å². The molecule has 21 heavy (non-hydrogen) atoms. The first-order chi connectivity index (χ1) is 10.2. The van der Waals surface area contributed by atoms with Gasteiger partial charge in [0.25, 0.3) is 0 Å². The first kappa shape index (κ1) is 14.4. The highest BCUT2D eigenvalue weighted by Crippen LogP contribution is 2.26. The van der Waals surface area contributed by atoms with Crippen LogP contribution in [0.25, 0.3) is 10.9 Å². The third-order valence-electron chi connectivity index (χ3n) is 3.80. The lowest BCUT2D eigenvalue weighted by Gasteiger charge is -2.21. The van der Waals surface area contributed by atoms with Crippen molar-refractivity contribution in [2.24, 2.45) is 7.05 Å². The molecule has 1 atom stereocenters. The molecule has 1 aliphatic rings. The monoisotopic (exact) mass is 307 g/mol. The Balaban J connectivity index is 1.75. The van der Waals surface area contributed by atoms with E-state index in [9.17, 15) is 4.79 Å². The highest BCUT2D eigenvalue weighted by atomic mass is 35.5. The molecule has 0 saturated carbocycles. The molecule has 1 aliphatic heterocycles. The molecule has 6 heteroatoms. The summed E-state index contributed by atoms with van der Waals surface area (Å²) in [6.07, 6.45) is 2.53. The standard InChI is InChI=1S/C15H18ClN3O2/c1-19-12-6-4-5-10(16)14(12)11(18-19)9-17-15(20)13-7-2-3-8-21-13/h4-6,13H,2-3,7-9H2,1H3,(H,17,20). The Morgan fingerprint density at radius 3 is 3.14 bits per heavy atom. The molecular formula is C15H18ClN3O2. The van der Waals surface area contributed by atoms with Crippen LogP contribution in [0.1, 0.15) is 25.0 Å². The predicted octanol–water partition coefficient (Wildman–Crippen LogP) is 2.41. The number of amides is 1. The lowest BCUT2D eigenvalue weighted by atomic mass is 10.1. The van der Waals surface area contributed by atoms with Crippen LogP contribution < -0.4 is 5.32 Å². The van der Waals surface area contributed by atoms with Gasteiger partial charge < -0.3 is 10.1 Å². The van der Waals surface area contributed by atoms with E-state index < -0.39 is 0 Å². The fraction of sp³-hybridized carbons (Fsp3) is 0.467. The number of hydrogen-bond donors (Lipinski definition) is 1. The Bertz CT molecular complexity index is 662. The quantitative estimate of drug-likeness (QED) is 0.947. The second-order valence-corrected chi connectivity index (χ2v) is 5.68. The van der Waals surface area contributed by atoms with Crippen LogP contribution in [0.2, 0.25) is 5.02 Å². The Hall–Kier alpha value is -1.59. The van der Waals surface area contributed by atoms with E-state index in [1.54, 1.807) is 4.68 Å². The lowest BCUT2D eigenvalue weighted by molar-refractivity contribution is -0.135. The summed E-state index contributed by atoms with van der Waals surface area (Å²) < 4.78 is 7.26. The summed E-state index contributed by atoms with van der Waals surface area (Å²) >= 11 is 6.25. The van der Waals surface area contributed by atoms with Gasteiger partial charge in [-0.15, -0.1) is 0 Å². The molecule has 0 spiro atoms. The summed E-state index contributed by atoms with van der Waals surface area (Å²) in [7, 11) is 1.87. The number of aryl methyl sites for hydroxylation is 1. The zero-order valence-electron chi connectivity index (χ0n) is 11.9. The smallest absolute Gasteiger partial charge is 0.249 e. The first-order valence-electron chi connectivity index (χ1n) is 7.16. The number of ether oxygens (including phenoxy) is 1. The van der Waals surface area contributed by atoms with Gasteiger partial charge in [-0.1, -0.05) is 17.7 Å². The Labute approximate surface area is 128 Å². The zero-order valence-corrected chi connectivity index (χ0v) is 12.7. The van der Waals surface area contributed by atoms with E-state index in [2.05, 4.69) is 10.4 Å². The first-order valence-corrected chi connectivity index (χ1v) is 7.54. The zero-order chi connectivity index (χ0) is 14.8. The minimum absolute atomic E-state index is 0.0689. The Morgan fingerprint density at radius 2 is 2.38 bits per heavy atom. The average Bonchev–Trinajstić information content (AvgIpc) is 2.84. The topological polar surface area (TPSA) is 56.2 Å². The molecule has 0 radical (unpaired) electrons. The highest BCUT2D eigenvalue weighted by molar-refractivity contribution is 6.35. The van der Waals surface area contributed by atoms with Crippen LogP contribution in [0, 0.1) is 0 Å². The molecule has 1 fully saturated rings. The van der Waals surface area contributed by atoms with Crippen molar-refractivity contribution in [3.05, 3.63) is 28.9 Å². The van der Waals surface area contributed by atoms with Crippen molar-refractivity contribution in [2.75, 3.05) is 6.61 Å². The van der Waals surface area contributed by atoms with Crippen molar-refractivity contribution < 1.29 is 9.53 Å². The van der Waals surface area contributed by atoms with Gasteiger partial charge in [0, 0.05) is 19.0 Å². The minimum Gasteiger partial charge on any atom is -0.368 e. The Morgan fingerprint density at radius 1 is 1.52 bits per heavy atom. The number of fused-ring (bicyclic) bond motifs is 1. The number of nitrogens with one attached hydrogen (secondary N) is 1. The van der Waals surface area contributed by atoms with Gasteiger partial charge in [-0.05, 0) is 31.4 Å². The van der Waals surface area contributed by atoms with Crippen LogP contribution >= 0.6 is 11.6 Å². The molecule has 112 valence electrons. The minimum atomic E-state index is -0.329. The second-order valence-electron chi connectivity index (χ2n) is 5.28. The largest absolute Gasteiger partial charge is 0.368 e. The van der Waals surface area contributed by atoms with Crippen LogP contribution in [0.15, 0.2) is 18.2 Å². The van der Waals surface area contributed by atoms with Gasteiger partial charge in [0.15, 0.2) is 0 Å². The van der Waals surface area contributed by atoms with E-state index in [-0.39, 0.29) is 12.0 Å². The number of halogens is 1. The second kappa shape index (κ2) is 6.03. The van der Waals surface area contributed by atoms with E-state index in [1.807, 2.05) is 25.2 Å². The summed E-state index contributed by atoms with van der Waals surface area (Å²) in [5.74, 6) is -0.0689. The van der Waals surface area contributed by atoms with Gasteiger partial charge in [-0.3, -0.25) is 9.48 Å². The molecule has 2 aromatic rings. The molecule has 1 aromatic carbocycles. The number of nitrogens with zero attached hydrogens (tertiary/aromatic N) is 2. The summed E-state index contributed by atoms with van der Waals surface area (Å²) in [6.45, 7) is 1.02. The SMILES string of the molecule is Cn1nc(CNC(=O)C2CCCCO2)c2c(Cl)cccc21. The van der Waals surface area contributed by atoms with E-state index in [4.69, 9.17) is 16.3 Å². The molecule has 5 nitrogen and oxygen atoms in total. The van der Waals surface area contributed by atoms with Crippen LogP contribution in [0.4, 0.5) is 0 Å². The van der Waals surface area contributed by atoms with Crippen molar-refractivity contribution in [1.29, 1.82) is 0 Å². The lowest BCUT2D eigenvalue weighted by Crippen LogP contribution is -2.38. The fourth-order valence-corrected chi connectivity index (χ4v) is 2.99. The third kappa shape index (κ3) is 2.89. The number of benzene rings is 1. The van der Waals surface area contributed by atoms with Crippen molar-refractivity contribution in [3.63, 3.8) is 0 Å². The maximum Gasteiger partial charge on any atom is 0.249 e. The summed E-state index contributed by atoms with van der Waals surface area (Å²) in [6, 6.07) is 5.69. The molecule has 0 bridgehead atoms. The Kier molecular flexibility index (Phi) is 4.12. The van der Waals surface area contributed by atoms with E-state index in [1.165, 1.54) is 0 Å². The van der Waals surface area contributed by atoms with Gasteiger partial charge in [0.2, 0.25) is 5.91 Å². The number of aromatic nitrogens is 2. The number of carbonyl (C=O) groups excluding carboxylic acids is 1. The molecule has 1 N–H and O–H groups in total. The third-order valence-corrected chi connectivity index (χ3v) is 4.12. The van der Waals surface area contributed by atoms with Crippen molar-refractivity contribution >= 4 is 28.4 Å². The number of carbonyl (C=O) groups is 1. The molecule has 1 unspecified atom stereocenters. The van der Waals surface area contributed by atoms with E-state index in [0.29, 0.717) is 18.2 Å². The van der Waals surface area contributed by atoms with Gasteiger partial charge in [-0.2, -0.15) is 5.10 Å². The molecule has 1 saturated heterocycles. The van der Waals surface area contributed by atoms with Crippen LogP contribution in [-0.4, -0.2) is 28.4 Å². The summed E-state index contributed by atoms with van der Waals surface area (Å²) in [5.41, 5.74) is 1.74.